The van der Waals surface area contributed by atoms with Gasteiger partial charge in [-0.1, -0.05) is 6.07 Å². The van der Waals surface area contributed by atoms with Crippen LogP contribution in [0.25, 0.3) is 0 Å². The standard InChI is InChI=1S/C15H22N2/c1-13-14(16-9-2-3-10-16)7-6-8-15(13)17-11-4-5-12-17/h6-8H,2-5,9-12H2,1H3. The lowest BCUT2D eigenvalue weighted by molar-refractivity contribution is 0.937. The summed E-state index contributed by atoms with van der Waals surface area (Å²) in [6.45, 7) is 7.25. The fourth-order valence-electron chi connectivity index (χ4n) is 3.21. The number of hydrogen-bond donors (Lipinski definition) is 0. The molecule has 3 rings (SSSR count). The second-order valence-corrected chi connectivity index (χ2v) is 5.31. The third-order valence-electron chi connectivity index (χ3n) is 4.17. The van der Waals surface area contributed by atoms with Crippen LogP contribution in [0.4, 0.5) is 11.4 Å². The van der Waals surface area contributed by atoms with E-state index in [0.717, 1.165) is 0 Å². The first-order valence-electron chi connectivity index (χ1n) is 6.96. The smallest absolute Gasteiger partial charge is 0.0416 e. The lowest BCUT2D eigenvalue weighted by Crippen LogP contribution is -2.22. The molecule has 2 heteroatoms. The Bertz CT molecular complexity index is 354. The van der Waals surface area contributed by atoms with Crippen LogP contribution in [0.3, 0.4) is 0 Å². The fourth-order valence-corrected chi connectivity index (χ4v) is 3.21. The molecular weight excluding hydrogens is 208 g/mol. The summed E-state index contributed by atoms with van der Waals surface area (Å²) in [6, 6.07) is 6.81. The minimum atomic E-state index is 1.24. The monoisotopic (exact) mass is 230 g/mol. The highest BCUT2D eigenvalue weighted by atomic mass is 15.2. The van der Waals surface area contributed by atoms with E-state index >= 15 is 0 Å². The Labute approximate surface area is 104 Å². The zero-order chi connectivity index (χ0) is 11.7. The third-order valence-corrected chi connectivity index (χ3v) is 4.17. The molecule has 0 bridgehead atoms. The van der Waals surface area contributed by atoms with Crippen molar-refractivity contribution >= 4 is 11.4 Å². The van der Waals surface area contributed by atoms with Gasteiger partial charge in [0.05, 0.1) is 0 Å². The summed E-state index contributed by atoms with van der Waals surface area (Å²) in [5.41, 5.74) is 4.41. The van der Waals surface area contributed by atoms with E-state index in [1.165, 1.54) is 68.8 Å². The predicted molar refractivity (Wildman–Crippen MR) is 74.1 cm³/mol. The summed E-state index contributed by atoms with van der Waals surface area (Å²) in [5.74, 6) is 0. The molecule has 2 nitrogen and oxygen atoms in total. The summed E-state index contributed by atoms with van der Waals surface area (Å²) >= 11 is 0. The second kappa shape index (κ2) is 4.59. The minimum Gasteiger partial charge on any atom is -0.371 e. The van der Waals surface area contributed by atoms with E-state index in [1.54, 1.807) is 0 Å². The Kier molecular flexibility index (Phi) is 2.96. The van der Waals surface area contributed by atoms with E-state index in [9.17, 15) is 0 Å². The molecule has 0 aliphatic carbocycles. The summed E-state index contributed by atoms with van der Waals surface area (Å²) in [6.07, 6.45) is 5.42. The average Bonchev–Trinajstić information content (AvgIpc) is 3.02. The maximum absolute atomic E-state index is 2.55. The van der Waals surface area contributed by atoms with Gasteiger partial charge in [0.1, 0.15) is 0 Å². The van der Waals surface area contributed by atoms with Gasteiger partial charge in [-0.3, -0.25) is 0 Å². The highest BCUT2D eigenvalue weighted by Crippen LogP contribution is 2.32. The van der Waals surface area contributed by atoms with Gasteiger partial charge >= 0.3 is 0 Å². The Morgan fingerprint density at radius 3 is 1.59 bits per heavy atom. The predicted octanol–water partition coefficient (Wildman–Crippen LogP) is 3.20. The third kappa shape index (κ3) is 2.01. The summed E-state index contributed by atoms with van der Waals surface area (Å²) in [7, 11) is 0. The van der Waals surface area contributed by atoms with E-state index in [0.29, 0.717) is 0 Å². The van der Waals surface area contributed by atoms with E-state index in [-0.39, 0.29) is 0 Å². The van der Waals surface area contributed by atoms with Crippen LogP contribution in [-0.4, -0.2) is 26.2 Å². The zero-order valence-corrected chi connectivity index (χ0v) is 10.8. The molecule has 2 fully saturated rings. The first kappa shape index (κ1) is 10.9. The topological polar surface area (TPSA) is 6.48 Å². The Morgan fingerprint density at radius 1 is 0.765 bits per heavy atom. The molecule has 2 heterocycles. The van der Waals surface area contributed by atoms with Crippen molar-refractivity contribution in [1.82, 2.24) is 0 Å². The number of hydrogen-bond acceptors (Lipinski definition) is 2. The van der Waals surface area contributed by atoms with Crippen molar-refractivity contribution in [2.45, 2.75) is 32.6 Å². The van der Waals surface area contributed by atoms with Crippen LogP contribution in [0.2, 0.25) is 0 Å². The molecule has 0 amide bonds. The van der Waals surface area contributed by atoms with Gasteiger partial charge in [0.2, 0.25) is 0 Å². The lowest BCUT2D eigenvalue weighted by Gasteiger charge is -2.26. The van der Waals surface area contributed by atoms with E-state index < -0.39 is 0 Å². The Hall–Kier alpha value is -1.18. The molecule has 2 aliphatic rings. The largest absolute Gasteiger partial charge is 0.371 e. The van der Waals surface area contributed by atoms with Crippen LogP contribution in [-0.2, 0) is 0 Å². The Balaban J connectivity index is 1.91. The summed E-state index contributed by atoms with van der Waals surface area (Å²) in [5, 5.41) is 0. The molecule has 92 valence electrons. The van der Waals surface area contributed by atoms with Crippen molar-refractivity contribution < 1.29 is 0 Å². The van der Waals surface area contributed by atoms with Gasteiger partial charge < -0.3 is 9.80 Å². The summed E-state index contributed by atoms with van der Waals surface area (Å²) < 4.78 is 0. The molecule has 0 spiro atoms. The molecule has 1 aromatic rings. The van der Waals surface area contributed by atoms with Gasteiger partial charge in [-0.05, 0) is 50.3 Å². The molecule has 0 N–H and O–H groups in total. The SMILES string of the molecule is Cc1c(N2CCCC2)cccc1N1CCCC1. The van der Waals surface area contributed by atoms with Gasteiger partial charge in [0.15, 0.2) is 0 Å². The van der Waals surface area contributed by atoms with Crippen molar-refractivity contribution in [3.63, 3.8) is 0 Å². The number of benzene rings is 1. The molecule has 0 saturated carbocycles. The summed E-state index contributed by atoms with van der Waals surface area (Å²) in [4.78, 5) is 5.10. The first-order chi connectivity index (χ1) is 8.36. The van der Waals surface area contributed by atoms with Crippen LogP contribution in [0, 0.1) is 6.92 Å². The van der Waals surface area contributed by atoms with E-state index in [2.05, 4.69) is 34.9 Å². The van der Waals surface area contributed by atoms with Crippen LogP contribution in [0.5, 0.6) is 0 Å². The van der Waals surface area contributed by atoms with Gasteiger partial charge in [-0.25, -0.2) is 0 Å². The van der Waals surface area contributed by atoms with Crippen LogP contribution in [0.1, 0.15) is 31.2 Å². The number of nitrogens with zero attached hydrogens (tertiary/aromatic N) is 2. The molecule has 17 heavy (non-hydrogen) atoms. The van der Waals surface area contributed by atoms with Crippen LogP contribution >= 0.6 is 0 Å². The zero-order valence-electron chi connectivity index (χ0n) is 10.8. The maximum atomic E-state index is 2.55. The normalized spacial score (nSPS) is 20.3. The lowest BCUT2D eigenvalue weighted by atomic mass is 10.1. The van der Waals surface area contributed by atoms with Crippen molar-refractivity contribution in [2.24, 2.45) is 0 Å². The van der Waals surface area contributed by atoms with Crippen molar-refractivity contribution in [3.8, 4) is 0 Å². The minimum absolute atomic E-state index is 1.24. The number of anilines is 2. The maximum Gasteiger partial charge on any atom is 0.0416 e. The molecule has 2 aliphatic heterocycles. The quantitative estimate of drug-likeness (QED) is 0.770. The average molecular weight is 230 g/mol. The molecule has 0 aromatic heterocycles. The van der Waals surface area contributed by atoms with E-state index in [4.69, 9.17) is 0 Å². The van der Waals surface area contributed by atoms with Gasteiger partial charge in [-0.2, -0.15) is 0 Å². The molecule has 0 unspecified atom stereocenters. The molecule has 2 saturated heterocycles. The van der Waals surface area contributed by atoms with Gasteiger partial charge in [0.25, 0.3) is 0 Å². The van der Waals surface area contributed by atoms with Crippen molar-refractivity contribution in [2.75, 3.05) is 36.0 Å². The highest BCUT2D eigenvalue weighted by molar-refractivity contribution is 5.67. The van der Waals surface area contributed by atoms with Crippen LogP contribution < -0.4 is 9.80 Å². The van der Waals surface area contributed by atoms with Gasteiger partial charge in [0, 0.05) is 37.6 Å². The number of rotatable bonds is 2. The fraction of sp³-hybridized carbons (Fsp3) is 0.600. The molecule has 1 aromatic carbocycles. The molecular formula is C15H22N2. The Morgan fingerprint density at radius 2 is 1.18 bits per heavy atom. The van der Waals surface area contributed by atoms with E-state index in [1.807, 2.05) is 0 Å². The van der Waals surface area contributed by atoms with Crippen molar-refractivity contribution in [1.29, 1.82) is 0 Å². The van der Waals surface area contributed by atoms with Gasteiger partial charge in [-0.15, -0.1) is 0 Å². The molecule has 0 atom stereocenters. The second-order valence-electron chi connectivity index (χ2n) is 5.31. The van der Waals surface area contributed by atoms with Crippen LogP contribution in [0.15, 0.2) is 18.2 Å². The van der Waals surface area contributed by atoms with Crippen molar-refractivity contribution in [3.05, 3.63) is 23.8 Å². The first-order valence-corrected chi connectivity index (χ1v) is 6.96. The molecule has 0 radical (unpaired) electrons. The highest BCUT2D eigenvalue weighted by Gasteiger charge is 2.19.